The molecule has 4 heterocycles. The average molecular weight is 377 g/mol. The van der Waals surface area contributed by atoms with Crippen molar-refractivity contribution in [2.75, 3.05) is 5.32 Å². The zero-order valence-corrected chi connectivity index (χ0v) is 16.3. The predicted molar refractivity (Wildman–Crippen MR) is 108 cm³/mol. The molecule has 0 spiro atoms. The molecule has 8 nitrogen and oxygen atoms in total. The lowest BCUT2D eigenvalue weighted by atomic mass is 9.93. The molecular weight excluding hydrogens is 354 g/mol. The molecular formula is C20H23N7O. The number of aldehydes is 1. The van der Waals surface area contributed by atoms with Crippen molar-refractivity contribution in [1.82, 2.24) is 28.9 Å². The SMILES string of the molecule is CCn1c(C=O)cc2c3c(ncn3C)c(Nc3cc(C)n(C4CCC4)n3)nc21. The molecule has 1 aliphatic rings. The molecule has 0 radical (unpaired) electrons. The monoisotopic (exact) mass is 377 g/mol. The Morgan fingerprint density at radius 3 is 2.82 bits per heavy atom. The van der Waals surface area contributed by atoms with E-state index in [2.05, 4.69) is 28.0 Å². The van der Waals surface area contributed by atoms with Crippen molar-refractivity contribution in [2.45, 2.75) is 45.7 Å². The molecule has 0 atom stereocenters. The summed E-state index contributed by atoms with van der Waals surface area (Å²) >= 11 is 0. The van der Waals surface area contributed by atoms with Crippen LogP contribution >= 0.6 is 0 Å². The van der Waals surface area contributed by atoms with Gasteiger partial charge < -0.3 is 14.5 Å². The third-order valence-electron chi connectivity index (χ3n) is 5.76. The molecule has 1 N–H and O–H groups in total. The smallest absolute Gasteiger partial charge is 0.166 e. The molecule has 0 bridgehead atoms. The molecule has 0 aliphatic heterocycles. The van der Waals surface area contributed by atoms with Crippen molar-refractivity contribution in [3.63, 3.8) is 0 Å². The van der Waals surface area contributed by atoms with Crippen LogP contribution in [0.1, 0.15) is 48.4 Å². The Kier molecular flexibility index (Phi) is 3.75. The molecule has 0 saturated heterocycles. The standard InChI is InChI=1S/C20H23N7O/c1-4-26-14(10-28)9-15-18-17(21-11-25(18)3)19(23-20(15)26)22-16-8-12(2)27(24-16)13-6-5-7-13/h8-11,13H,4-7H2,1-3H3,(H,22,23,24). The van der Waals surface area contributed by atoms with Crippen molar-refractivity contribution in [1.29, 1.82) is 0 Å². The van der Waals surface area contributed by atoms with E-state index in [4.69, 9.17) is 10.1 Å². The third kappa shape index (κ3) is 2.37. The number of anilines is 2. The van der Waals surface area contributed by atoms with Gasteiger partial charge in [-0.3, -0.25) is 9.48 Å². The van der Waals surface area contributed by atoms with Crippen molar-refractivity contribution < 1.29 is 4.79 Å². The summed E-state index contributed by atoms with van der Waals surface area (Å²) in [5.74, 6) is 1.43. The number of nitrogens with zero attached hydrogens (tertiary/aromatic N) is 6. The zero-order chi connectivity index (χ0) is 19.4. The minimum absolute atomic E-state index is 0.508. The Hall–Kier alpha value is -3.16. The number of hydrogen-bond donors (Lipinski definition) is 1. The van der Waals surface area contributed by atoms with Gasteiger partial charge in [-0.05, 0) is 39.2 Å². The number of nitrogens with one attached hydrogen (secondary N) is 1. The van der Waals surface area contributed by atoms with Gasteiger partial charge in [-0.25, -0.2) is 9.97 Å². The van der Waals surface area contributed by atoms with Crippen LogP contribution in [-0.2, 0) is 13.6 Å². The van der Waals surface area contributed by atoms with E-state index in [0.717, 1.165) is 39.9 Å². The fraction of sp³-hybridized carbons (Fsp3) is 0.400. The molecule has 0 amide bonds. The van der Waals surface area contributed by atoms with Crippen LogP contribution in [0.25, 0.3) is 22.1 Å². The van der Waals surface area contributed by atoms with Gasteiger partial charge in [-0.15, -0.1) is 0 Å². The van der Waals surface area contributed by atoms with Gasteiger partial charge in [-0.1, -0.05) is 0 Å². The van der Waals surface area contributed by atoms with Gasteiger partial charge >= 0.3 is 0 Å². The number of pyridine rings is 1. The highest BCUT2D eigenvalue weighted by Gasteiger charge is 2.23. The normalized spacial score (nSPS) is 14.7. The van der Waals surface area contributed by atoms with E-state index in [1.54, 1.807) is 6.33 Å². The van der Waals surface area contributed by atoms with Gasteiger partial charge in [0.2, 0.25) is 0 Å². The second-order valence-electron chi connectivity index (χ2n) is 7.51. The van der Waals surface area contributed by atoms with Crippen molar-refractivity contribution in [3.05, 3.63) is 29.8 Å². The number of imidazole rings is 1. The summed E-state index contributed by atoms with van der Waals surface area (Å²) in [6.45, 7) is 4.77. The van der Waals surface area contributed by atoms with Gasteiger partial charge in [0.05, 0.1) is 23.6 Å². The Morgan fingerprint density at radius 1 is 1.32 bits per heavy atom. The number of aromatic nitrogens is 6. The molecule has 5 rings (SSSR count). The second kappa shape index (κ2) is 6.19. The highest BCUT2D eigenvalue weighted by atomic mass is 16.1. The van der Waals surface area contributed by atoms with E-state index in [1.165, 1.54) is 19.3 Å². The molecule has 1 aliphatic carbocycles. The number of carbonyl (C=O) groups excluding carboxylic acids is 1. The van der Waals surface area contributed by atoms with Crippen molar-refractivity contribution in [3.8, 4) is 0 Å². The fourth-order valence-electron chi connectivity index (χ4n) is 4.12. The van der Waals surface area contributed by atoms with Crippen molar-refractivity contribution >= 4 is 40.0 Å². The van der Waals surface area contributed by atoms with E-state index in [9.17, 15) is 4.79 Å². The molecule has 4 aromatic heterocycles. The first kappa shape index (κ1) is 17.0. The van der Waals surface area contributed by atoms with E-state index in [0.29, 0.717) is 24.1 Å². The molecule has 1 saturated carbocycles. The van der Waals surface area contributed by atoms with Crippen molar-refractivity contribution in [2.24, 2.45) is 7.05 Å². The summed E-state index contributed by atoms with van der Waals surface area (Å²) in [7, 11) is 1.96. The van der Waals surface area contributed by atoms with Crippen LogP contribution in [-0.4, -0.2) is 35.2 Å². The molecule has 4 aromatic rings. The van der Waals surface area contributed by atoms with E-state index in [-0.39, 0.29) is 0 Å². The maximum absolute atomic E-state index is 11.5. The van der Waals surface area contributed by atoms with E-state index >= 15 is 0 Å². The third-order valence-corrected chi connectivity index (χ3v) is 5.76. The summed E-state index contributed by atoms with van der Waals surface area (Å²) in [6.07, 6.45) is 6.31. The van der Waals surface area contributed by atoms with Gasteiger partial charge in [0.1, 0.15) is 11.2 Å². The predicted octanol–water partition coefficient (Wildman–Crippen LogP) is 3.73. The van der Waals surface area contributed by atoms with Gasteiger partial charge in [0, 0.05) is 30.7 Å². The van der Waals surface area contributed by atoms with Crippen LogP contribution in [0.3, 0.4) is 0 Å². The lowest BCUT2D eigenvalue weighted by Crippen LogP contribution is -2.19. The Bertz CT molecular complexity index is 1210. The minimum Gasteiger partial charge on any atom is -0.333 e. The topological polar surface area (TPSA) is 82.6 Å². The lowest BCUT2D eigenvalue weighted by molar-refractivity contribution is 0.111. The van der Waals surface area contributed by atoms with Gasteiger partial charge in [0.25, 0.3) is 0 Å². The Labute approximate surface area is 162 Å². The molecule has 144 valence electrons. The van der Waals surface area contributed by atoms with E-state index in [1.807, 2.05) is 29.2 Å². The summed E-state index contributed by atoms with van der Waals surface area (Å²) in [4.78, 5) is 20.9. The number of carbonyl (C=O) groups is 1. The minimum atomic E-state index is 0.508. The second-order valence-corrected chi connectivity index (χ2v) is 7.51. The lowest BCUT2D eigenvalue weighted by Gasteiger charge is -2.26. The number of hydrogen-bond acceptors (Lipinski definition) is 5. The first-order valence-corrected chi connectivity index (χ1v) is 9.73. The van der Waals surface area contributed by atoms with Gasteiger partial charge in [0.15, 0.2) is 17.9 Å². The first-order valence-electron chi connectivity index (χ1n) is 9.73. The highest BCUT2D eigenvalue weighted by molar-refractivity contribution is 6.08. The molecule has 1 fully saturated rings. The van der Waals surface area contributed by atoms with Crippen LogP contribution in [0, 0.1) is 6.92 Å². The zero-order valence-electron chi connectivity index (χ0n) is 16.3. The average Bonchev–Trinajstić information content (AvgIpc) is 3.29. The quantitative estimate of drug-likeness (QED) is 0.536. The number of rotatable bonds is 5. The maximum Gasteiger partial charge on any atom is 0.166 e. The van der Waals surface area contributed by atoms with Crippen LogP contribution < -0.4 is 5.32 Å². The number of aryl methyl sites for hydroxylation is 3. The largest absolute Gasteiger partial charge is 0.333 e. The summed E-state index contributed by atoms with van der Waals surface area (Å²) in [6, 6.07) is 4.45. The molecule has 8 heteroatoms. The maximum atomic E-state index is 11.5. The van der Waals surface area contributed by atoms with Crippen LogP contribution in [0.5, 0.6) is 0 Å². The summed E-state index contributed by atoms with van der Waals surface area (Å²) in [5, 5.41) is 9.06. The number of fused-ring (bicyclic) bond motifs is 3. The van der Waals surface area contributed by atoms with Crippen LogP contribution in [0.15, 0.2) is 18.5 Å². The van der Waals surface area contributed by atoms with Gasteiger partial charge in [-0.2, -0.15) is 5.10 Å². The molecule has 28 heavy (non-hydrogen) atoms. The first-order chi connectivity index (χ1) is 13.6. The van der Waals surface area contributed by atoms with Crippen LogP contribution in [0.4, 0.5) is 11.6 Å². The molecule has 0 unspecified atom stereocenters. The fourth-order valence-corrected chi connectivity index (χ4v) is 4.12. The summed E-state index contributed by atoms with van der Waals surface area (Å²) < 4.78 is 6.01. The summed E-state index contributed by atoms with van der Waals surface area (Å²) in [5.41, 5.74) is 4.27. The highest BCUT2D eigenvalue weighted by Crippen LogP contribution is 2.34. The van der Waals surface area contributed by atoms with Crippen LogP contribution in [0.2, 0.25) is 0 Å². The Balaban J connectivity index is 1.67. The van der Waals surface area contributed by atoms with E-state index < -0.39 is 0 Å². The Morgan fingerprint density at radius 2 is 2.14 bits per heavy atom. The molecule has 0 aromatic carbocycles.